The standard InChI is InChI=1S/C12H13ClN4OS2/c13-9-3-1-8(2-4-9)5-6-15-10(18)7-19-12-17-16-11(14)20-12/h1-4H,5-7H2,(H2,14,16)(H,15,18). The number of nitrogens with zero attached hydrogens (tertiary/aromatic N) is 2. The molecule has 5 nitrogen and oxygen atoms in total. The van der Waals surface area contributed by atoms with Crippen molar-refractivity contribution >= 4 is 45.7 Å². The maximum absolute atomic E-state index is 11.6. The van der Waals surface area contributed by atoms with Gasteiger partial charge >= 0.3 is 0 Å². The summed E-state index contributed by atoms with van der Waals surface area (Å²) in [5.74, 6) is 0.285. The third-order valence-corrected chi connectivity index (χ3v) is 4.54. The number of nitrogens with one attached hydrogen (secondary N) is 1. The van der Waals surface area contributed by atoms with Crippen LogP contribution >= 0.6 is 34.7 Å². The summed E-state index contributed by atoms with van der Waals surface area (Å²) in [6.45, 7) is 0.597. The topological polar surface area (TPSA) is 80.9 Å². The second kappa shape index (κ2) is 7.47. The quantitative estimate of drug-likeness (QED) is 0.795. The van der Waals surface area contributed by atoms with Gasteiger partial charge in [-0.25, -0.2) is 0 Å². The van der Waals surface area contributed by atoms with E-state index in [1.807, 2.05) is 24.3 Å². The number of amides is 1. The molecule has 1 aromatic carbocycles. The zero-order valence-corrected chi connectivity index (χ0v) is 12.9. The smallest absolute Gasteiger partial charge is 0.230 e. The highest BCUT2D eigenvalue weighted by atomic mass is 35.5. The third-order valence-electron chi connectivity index (χ3n) is 2.40. The van der Waals surface area contributed by atoms with Gasteiger partial charge in [-0.1, -0.05) is 46.8 Å². The predicted octanol–water partition coefficient (Wildman–Crippen LogP) is 2.22. The Morgan fingerprint density at radius 2 is 2.10 bits per heavy atom. The monoisotopic (exact) mass is 328 g/mol. The number of hydrogen-bond acceptors (Lipinski definition) is 6. The molecule has 20 heavy (non-hydrogen) atoms. The summed E-state index contributed by atoms with van der Waals surface area (Å²) in [5, 5.41) is 11.5. The molecule has 0 radical (unpaired) electrons. The molecule has 2 aromatic rings. The fourth-order valence-electron chi connectivity index (χ4n) is 1.45. The van der Waals surface area contributed by atoms with Crippen molar-refractivity contribution < 1.29 is 4.79 Å². The van der Waals surface area contributed by atoms with Crippen molar-refractivity contribution in [2.75, 3.05) is 18.0 Å². The fraction of sp³-hybridized carbons (Fsp3) is 0.250. The number of aromatic nitrogens is 2. The van der Waals surface area contributed by atoms with E-state index in [2.05, 4.69) is 15.5 Å². The van der Waals surface area contributed by atoms with E-state index in [1.54, 1.807) is 0 Å². The fourth-order valence-corrected chi connectivity index (χ4v) is 3.05. The molecule has 2 rings (SSSR count). The zero-order chi connectivity index (χ0) is 14.4. The van der Waals surface area contributed by atoms with Gasteiger partial charge in [0.15, 0.2) is 4.34 Å². The highest BCUT2D eigenvalue weighted by molar-refractivity contribution is 8.01. The second-order valence-corrected chi connectivity index (χ2v) is 6.59. The molecule has 1 aromatic heterocycles. The van der Waals surface area contributed by atoms with Crippen molar-refractivity contribution in [3.8, 4) is 0 Å². The molecule has 0 aliphatic heterocycles. The number of nitrogen functional groups attached to an aromatic ring is 1. The molecule has 1 amide bonds. The van der Waals surface area contributed by atoms with Gasteiger partial charge in [0.05, 0.1) is 5.75 Å². The first kappa shape index (κ1) is 15.1. The van der Waals surface area contributed by atoms with Crippen LogP contribution in [0.5, 0.6) is 0 Å². The summed E-state index contributed by atoms with van der Waals surface area (Å²) in [5.41, 5.74) is 6.60. The summed E-state index contributed by atoms with van der Waals surface area (Å²) in [6, 6.07) is 7.59. The van der Waals surface area contributed by atoms with E-state index in [4.69, 9.17) is 17.3 Å². The van der Waals surface area contributed by atoms with Crippen molar-refractivity contribution in [3.05, 3.63) is 34.9 Å². The lowest BCUT2D eigenvalue weighted by Gasteiger charge is -2.04. The lowest BCUT2D eigenvalue weighted by atomic mass is 10.1. The largest absolute Gasteiger partial charge is 0.374 e. The average Bonchev–Trinajstić information content (AvgIpc) is 2.85. The first-order valence-corrected chi connectivity index (χ1v) is 8.04. The number of carbonyl (C=O) groups is 1. The first-order valence-electron chi connectivity index (χ1n) is 5.86. The minimum atomic E-state index is -0.0299. The van der Waals surface area contributed by atoms with E-state index in [1.165, 1.54) is 23.1 Å². The number of hydrogen-bond donors (Lipinski definition) is 2. The molecule has 8 heteroatoms. The van der Waals surface area contributed by atoms with E-state index in [-0.39, 0.29) is 5.91 Å². The number of anilines is 1. The van der Waals surface area contributed by atoms with E-state index in [9.17, 15) is 4.79 Å². The number of halogens is 1. The molecule has 0 spiro atoms. The van der Waals surface area contributed by atoms with Crippen LogP contribution in [0.1, 0.15) is 5.56 Å². The van der Waals surface area contributed by atoms with Crippen LogP contribution in [-0.2, 0) is 11.2 Å². The Bertz CT molecular complexity index is 573. The average molecular weight is 329 g/mol. The van der Waals surface area contributed by atoms with Crippen LogP contribution in [0.15, 0.2) is 28.6 Å². The van der Waals surface area contributed by atoms with Gasteiger partial charge in [0.2, 0.25) is 11.0 Å². The van der Waals surface area contributed by atoms with E-state index in [0.29, 0.717) is 26.8 Å². The molecule has 0 saturated heterocycles. The molecule has 0 unspecified atom stereocenters. The molecule has 0 aliphatic carbocycles. The SMILES string of the molecule is Nc1nnc(SCC(=O)NCCc2ccc(Cl)cc2)s1. The van der Waals surface area contributed by atoms with Gasteiger partial charge in [-0.2, -0.15) is 0 Å². The summed E-state index contributed by atoms with van der Waals surface area (Å²) in [7, 11) is 0. The van der Waals surface area contributed by atoms with Crippen LogP contribution in [0.25, 0.3) is 0 Å². The summed E-state index contributed by atoms with van der Waals surface area (Å²) in [4.78, 5) is 11.6. The highest BCUT2D eigenvalue weighted by Gasteiger charge is 2.06. The molecule has 1 heterocycles. The first-order chi connectivity index (χ1) is 9.63. The predicted molar refractivity (Wildman–Crippen MR) is 83.2 cm³/mol. The third kappa shape index (κ3) is 4.99. The van der Waals surface area contributed by atoms with Crippen LogP contribution in [0.3, 0.4) is 0 Å². The summed E-state index contributed by atoms with van der Waals surface area (Å²) >= 11 is 8.42. The molecular weight excluding hydrogens is 316 g/mol. The normalized spacial score (nSPS) is 10.4. The van der Waals surface area contributed by atoms with Crippen molar-refractivity contribution in [1.29, 1.82) is 0 Å². The molecule has 0 atom stereocenters. The van der Waals surface area contributed by atoms with Gasteiger partial charge in [-0.3, -0.25) is 4.79 Å². The number of rotatable bonds is 6. The van der Waals surface area contributed by atoms with E-state index >= 15 is 0 Å². The van der Waals surface area contributed by atoms with Gasteiger partial charge < -0.3 is 11.1 Å². The van der Waals surface area contributed by atoms with Gasteiger partial charge in [0.25, 0.3) is 0 Å². The van der Waals surface area contributed by atoms with E-state index < -0.39 is 0 Å². The van der Waals surface area contributed by atoms with E-state index in [0.717, 1.165) is 12.0 Å². The molecule has 106 valence electrons. The van der Waals surface area contributed by atoms with Crippen molar-refractivity contribution in [2.24, 2.45) is 0 Å². The van der Waals surface area contributed by atoms with Crippen molar-refractivity contribution in [1.82, 2.24) is 15.5 Å². The lowest BCUT2D eigenvalue weighted by molar-refractivity contribution is -0.118. The second-order valence-electron chi connectivity index (χ2n) is 3.92. The van der Waals surface area contributed by atoms with Crippen molar-refractivity contribution in [2.45, 2.75) is 10.8 Å². The van der Waals surface area contributed by atoms with Crippen LogP contribution in [0.4, 0.5) is 5.13 Å². The Hall–Kier alpha value is -1.31. The number of thioether (sulfide) groups is 1. The maximum Gasteiger partial charge on any atom is 0.230 e. The van der Waals surface area contributed by atoms with Crippen LogP contribution in [0.2, 0.25) is 5.02 Å². The van der Waals surface area contributed by atoms with Crippen LogP contribution < -0.4 is 11.1 Å². The number of carbonyl (C=O) groups excluding carboxylic acids is 1. The Balaban J connectivity index is 1.66. The molecule has 0 aliphatic rings. The zero-order valence-electron chi connectivity index (χ0n) is 10.5. The maximum atomic E-state index is 11.6. The summed E-state index contributed by atoms with van der Waals surface area (Å²) < 4.78 is 0.704. The van der Waals surface area contributed by atoms with Gasteiger partial charge in [0, 0.05) is 11.6 Å². The Labute approximate surface area is 129 Å². The molecule has 3 N–H and O–H groups in total. The Kier molecular flexibility index (Phi) is 5.63. The van der Waals surface area contributed by atoms with Crippen molar-refractivity contribution in [3.63, 3.8) is 0 Å². The minimum Gasteiger partial charge on any atom is -0.374 e. The van der Waals surface area contributed by atoms with Crippen LogP contribution in [0, 0.1) is 0 Å². The Morgan fingerprint density at radius 1 is 1.35 bits per heavy atom. The summed E-state index contributed by atoms with van der Waals surface area (Å²) in [6.07, 6.45) is 0.777. The van der Waals surface area contributed by atoms with Gasteiger partial charge in [-0.05, 0) is 24.1 Å². The number of benzene rings is 1. The Morgan fingerprint density at radius 3 is 2.75 bits per heavy atom. The van der Waals surface area contributed by atoms with Gasteiger partial charge in [0.1, 0.15) is 0 Å². The molecular formula is C12H13ClN4OS2. The molecule has 0 fully saturated rings. The molecule has 0 bridgehead atoms. The highest BCUT2D eigenvalue weighted by Crippen LogP contribution is 2.22. The lowest BCUT2D eigenvalue weighted by Crippen LogP contribution is -2.27. The number of nitrogens with two attached hydrogens (primary N) is 1. The van der Waals surface area contributed by atoms with Gasteiger partial charge in [-0.15, -0.1) is 10.2 Å². The van der Waals surface area contributed by atoms with Crippen LogP contribution in [-0.4, -0.2) is 28.4 Å². The minimum absolute atomic E-state index is 0.0299. The molecule has 0 saturated carbocycles.